The van der Waals surface area contributed by atoms with Gasteiger partial charge in [0, 0.05) is 0 Å². The van der Waals surface area contributed by atoms with Crippen LogP contribution in [0.25, 0.3) is 0 Å². The standard InChI is InChI=1S/C19H21N3O6/c1-17(2,14-8-6-5-7-9-14)18(3,4)15-10-12-16(13-11-15)19(20(23)24,21(25)26)22(27)28/h5-13H,1-4H3. The van der Waals surface area contributed by atoms with Gasteiger partial charge in [0.2, 0.25) is 0 Å². The average Bonchev–Trinajstić information content (AvgIpc) is 2.62. The van der Waals surface area contributed by atoms with E-state index in [1.807, 2.05) is 58.0 Å². The van der Waals surface area contributed by atoms with Crippen molar-refractivity contribution >= 4 is 0 Å². The molecule has 0 unspecified atom stereocenters. The number of nitro groups is 3. The Labute approximate surface area is 161 Å². The van der Waals surface area contributed by atoms with Crippen molar-refractivity contribution in [2.24, 2.45) is 0 Å². The van der Waals surface area contributed by atoms with Gasteiger partial charge in [0.05, 0.1) is 0 Å². The molecule has 0 atom stereocenters. The predicted octanol–water partition coefficient (Wildman–Crippen LogP) is 3.88. The molecule has 0 aliphatic heterocycles. The third-order valence-electron chi connectivity index (χ3n) is 5.82. The maximum absolute atomic E-state index is 11.3. The van der Waals surface area contributed by atoms with Crippen molar-refractivity contribution in [3.05, 3.63) is 102 Å². The lowest BCUT2D eigenvalue weighted by atomic mass is 9.61. The van der Waals surface area contributed by atoms with E-state index in [0.717, 1.165) is 23.3 Å². The van der Waals surface area contributed by atoms with Crippen LogP contribution >= 0.6 is 0 Å². The molecular weight excluding hydrogens is 366 g/mol. The second-order valence-corrected chi connectivity index (χ2v) is 7.60. The van der Waals surface area contributed by atoms with Crippen molar-refractivity contribution in [2.45, 2.75) is 44.3 Å². The Morgan fingerprint density at radius 3 is 1.25 bits per heavy atom. The number of rotatable bonds is 7. The lowest BCUT2D eigenvalue weighted by Gasteiger charge is -2.43. The maximum atomic E-state index is 11.3. The first-order valence-corrected chi connectivity index (χ1v) is 8.50. The summed E-state index contributed by atoms with van der Waals surface area (Å²) >= 11 is 0. The highest BCUT2D eigenvalue weighted by Crippen LogP contribution is 2.44. The van der Waals surface area contributed by atoms with Gasteiger partial charge in [-0.05, 0) is 34.1 Å². The zero-order chi connectivity index (χ0) is 21.3. The number of hydrogen-bond donors (Lipinski definition) is 0. The van der Waals surface area contributed by atoms with Gasteiger partial charge >= 0.3 is 5.79 Å². The summed E-state index contributed by atoms with van der Waals surface area (Å²) in [6, 6.07) is 14.9. The molecule has 0 aromatic heterocycles. The highest BCUT2D eigenvalue weighted by Gasteiger charge is 2.72. The van der Waals surface area contributed by atoms with E-state index in [1.165, 1.54) is 12.1 Å². The minimum Gasteiger partial charge on any atom is -0.252 e. The molecule has 0 aliphatic rings. The highest BCUT2D eigenvalue weighted by atomic mass is 16.7. The fraction of sp³-hybridized carbons (Fsp3) is 0.368. The Bertz CT molecular complexity index is 871. The minimum absolute atomic E-state index is 0.359. The van der Waals surface area contributed by atoms with Crippen LogP contribution in [0, 0.1) is 30.3 Å². The van der Waals surface area contributed by atoms with E-state index in [9.17, 15) is 30.3 Å². The molecule has 9 nitrogen and oxygen atoms in total. The molecule has 0 bridgehead atoms. The first-order valence-electron chi connectivity index (χ1n) is 8.50. The van der Waals surface area contributed by atoms with Crippen molar-refractivity contribution in [1.29, 1.82) is 0 Å². The Kier molecular flexibility index (Phi) is 5.23. The first-order chi connectivity index (χ1) is 12.9. The van der Waals surface area contributed by atoms with Gasteiger partial charge in [0.1, 0.15) is 0 Å². The second-order valence-electron chi connectivity index (χ2n) is 7.60. The summed E-state index contributed by atoms with van der Waals surface area (Å²) in [6.45, 7) is 8.06. The van der Waals surface area contributed by atoms with Crippen molar-refractivity contribution in [3.8, 4) is 0 Å². The number of nitrogens with zero attached hydrogens (tertiary/aromatic N) is 3. The van der Waals surface area contributed by atoms with E-state index >= 15 is 0 Å². The molecule has 9 heteroatoms. The molecule has 0 spiro atoms. The fourth-order valence-electron chi connectivity index (χ4n) is 3.20. The smallest absolute Gasteiger partial charge is 0.252 e. The zero-order valence-corrected chi connectivity index (χ0v) is 16.0. The van der Waals surface area contributed by atoms with Gasteiger partial charge in [-0.15, -0.1) is 0 Å². The summed E-state index contributed by atoms with van der Waals surface area (Å²) in [5.41, 5.74) is 0.369. The molecule has 28 heavy (non-hydrogen) atoms. The van der Waals surface area contributed by atoms with Crippen molar-refractivity contribution in [2.75, 3.05) is 0 Å². The van der Waals surface area contributed by atoms with Gasteiger partial charge < -0.3 is 0 Å². The Balaban J connectivity index is 2.55. The molecule has 2 aromatic rings. The number of benzene rings is 2. The lowest BCUT2D eigenvalue weighted by Crippen LogP contribution is -2.50. The molecule has 0 aliphatic carbocycles. The molecule has 2 aromatic carbocycles. The minimum atomic E-state index is -3.63. The second kappa shape index (κ2) is 6.99. The summed E-state index contributed by atoms with van der Waals surface area (Å²) in [5, 5.41) is 33.8. The van der Waals surface area contributed by atoms with Crippen molar-refractivity contribution < 1.29 is 14.8 Å². The summed E-state index contributed by atoms with van der Waals surface area (Å²) in [5.74, 6) is -3.63. The maximum Gasteiger partial charge on any atom is 0.728 e. The van der Waals surface area contributed by atoms with Crippen LogP contribution in [0.4, 0.5) is 0 Å². The molecule has 0 saturated carbocycles. The highest BCUT2D eigenvalue weighted by molar-refractivity contribution is 5.37. The van der Waals surface area contributed by atoms with E-state index in [2.05, 4.69) is 0 Å². The largest absolute Gasteiger partial charge is 0.728 e. The van der Waals surface area contributed by atoms with Crippen LogP contribution in [-0.2, 0) is 16.6 Å². The van der Waals surface area contributed by atoms with Gasteiger partial charge in [-0.25, -0.2) is 0 Å². The van der Waals surface area contributed by atoms with E-state index < -0.39 is 31.5 Å². The topological polar surface area (TPSA) is 129 Å². The van der Waals surface area contributed by atoms with Crippen LogP contribution in [0.15, 0.2) is 54.6 Å². The van der Waals surface area contributed by atoms with E-state index in [1.54, 1.807) is 0 Å². The van der Waals surface area contributed by atoms with Crippen molar-refractivity contribution in [3.63, 3.8) is 0 Å². The molecule has 0 fully saturated rings. The van der Waals surface area contributed by atoms with Crippen LogP contribution in [0.1, 0.15) is 44.4 Å². The van der Waals surface area contributed by atoms with Crippen LogP contribution in [0.2, 0.25) is 0 Å². The van der Waals surface area contributed by atoms with E-state index in [-0.39, 0.29) is 5.41 Å². The van der Waals surface area contributed by atoms with Gasteiger partial charge in [-0.3, -0.25) is 30.3 Å². The molecular formula is C19H21N3O6. The third-order valence-corrected chi connectivity index (χ3v) is 5.82. The van der Waals surface area contributed by atoms with Crippen LogP contribution in [-0.4, -0.2) is 14.8 Å². The van der Waals surface area contributed by atoms with Gasteiger partial charge in [0.25, 0.3) is 0 Å². The molecule has 0 N–H and O–H groups in total. The normalized spacial score (nSPS) is 12.4. The van der Waals surface area contributed by atoms with E-state index in [4.69, 9.17) is 0 Å². The molecule has 0 saturated heterocycles. The van der Waals surface area contributed by atoms with Gasteiger partial charge in [-0.2, -0.15) is 0 Å². The Hall–Kier alpha value is -3.36. The summed E-state index contributed by atoms with van der Waals surface area (Å²) in [6.07, 6.45) is 0. The number of hydrogen-bond acceptors (Lipinski definition) is 6. The molecule has 0 amide bonds. The average molecular weight is 387 g/mol. The zero-order valence-electron chi connectivity index (χ0n) is 16.0. The van der Waals surface area contributed by atoms with Gasteiger partial charge in [-0.1, -0.05) is 70.2 Å². The van der Waals surface area contributed by atoms with Gasteiger partial charge in [0.15, 0.2) is 20.3 Å². The van der Waals surface area contributed by atoms with E-state index in [0.29, 0.717) is 0 Å². The molecule has 0 heterocycles. The quantitative estimate of drug-likeness (QED) is 0.402. The first kappa shape index (κ1) is 20.9. The fourth-order valence-corrected chi connectivity index (χ4v) is 3.20. The molecule has 148 valence electrons. The lowest BCUT2D eigenvalue weighted by molar-refractivity contribution is -0.986. The Morgan fingerprint density at radius 2 is 0.893 bits per heavy atom. The summed E-state index contributed by atoms with van der Waals surface area (Å²) < 4.78 is 0. The van der Waals surface area contributed by atoms with Crippen molar-refractivity contribution in [1.82, 2.24) is 0 Å². The Morgan fingerprint density at radius 1 is 0.571 bits per heavy atom. The SMILES string of the molecule is CC(C)(c1ccccc1)C(C)(C)c1ccc(C([N+](=O)[O-])([N+](=O)[O-])[N+](=O)[O-])cc1. The summed E-state index contributed by atoms with van der Waals surface area (Å²) in [7, 11) is 0. The monoisotopic (exact) mass is 387 g/mol. The predicted molar refractivity (Wildman–Crippen MR) is 102 cm³/mol. The third kappa shape index (κ3) is 2.98. The van der Waals surface area contributed by atoms with Crippen LogP contribution in [0.5, 0.6) is 0 Å². The molecule has 0 radical (unpaired) electrons. The summed E-state index contributed by atoms with van der Waals surface area (Å²) in [4.78, 5) is 29.3. The van der Waals surface area contributed by atoms with Crippen LogP contribution < -0.4 is 0 Å². The molecule has 2 rings (SSSR count). The van der Waals surface area contributed by atoms with Crippen LogP contribution in [0.3, 0.4) is 0 Å².